The van der Waals surface area contributed by atoms with Gasteiger partial charge in [0.15, 0.2) is 0 Å². The molecule has 0 bridgehead atoms. The number of carbonyl (C=O) groups excluding carboxylic acids is 1. The van der Waals surface area contributed by atoms with Crippen LogP contribution in [0.4, 0.5) is 0 Å². The lowest BCUT2D eigenvalue weighted by Crippen LogP contribution is -2.42. The van der Waals surface area contributed by atoms with Gasteiger partial charge in [-0.25, -0.2) is 0 Å². The number of amides is 1. The molecule has 0 atom stereocenters. The van der Waals surface area contributed by atoms with Crippen molar-refractivity contribution in [2.75, 3.05) is 6.61 Å². The van der Waals surface area contributed by atoms with Crippen molar-refractivity contribution in [1.29, 1.82) is 0 Å². The number of aliphatic hydroxyl groups is 1. The van der Waals surface area contributed by atoms with Crippen LogP contribution in [0.2, 0.25) is 0 Å². The van der Waals surface area contributed by atoms with Gasteiger partial charge in [-0.15, -0.1) is 0 Å². The Kier molecular flexibility index (Phi) is 4.90. The van der Waals surface area contributed by atoms with E-state index in [0.29, 0.717) is 0 Å². The molecule has 3 nitrogen and oxygen atoms in total. The van der Waals surface area contributed by atoms with Crippen LogP contribution >= 0.6 is 0 Å². The van der Waals surface area contributed by atoms with Crippen LogP contribution in [0, 0.1) is 0 Å². The smallest absolute Gasteiger partial charge is 0.225 e. The van der Waals surface area contributed by atoms with E-state index in [2.05, 4.69) is 0 Å². The van der Waals surface area contributed by atoms with Crippen molar-refractivity contribution in [2.45, 2.75) is 46.2 Å². The lowest BCUT2D eigenvalue weighted by atomic mass is 10.2. The standard InChI is InChI=1S/C9H19NO2/c1-7(2)10(8(3)4)9(12)5-6-11/h7-8,11H,5-6H2,1-4H3. The molecule has 12 heavy (non-hydrogen) atoms. The molecule has 0 radical (unpaired) electrons. The molecule has 0 spiro atoms. The normalized spacial score (nSPS) is 10.9. The maximum atomic E-state index is 11.4. The monoisotopic (exact) mass is 173 g/mol. The molecule has 0 heterocycles. The number of rotatable bonds is 4. The largest absolute Gasteiger partial charge is 0.396 e. The molecule has 0 aromatic carbocycles. The molecule has 0 saturated carbocycles. The van der Waals surface area contributed by atoms with Gasteiger partial charge in [-0.3, -0.25) is 4.79 Å². The highest BCUT2D eigenvalue weighted by molar-refractivity contribution is 5.76. The quantitative estimate of drug-likeness (QED) is 0.689. The van der Waals surface area contributed by atoms with Gasteiger partial charge in [0.2, 0.25) is 5.91 Å². The maximum Gasteiger partial charge on any atom is 0.225 e. The zero-order valence-corrected chi connectivity index (χ0v) is 8.37. The maximum absolute atomic E-state index is 11.4. The van der Waals surface area contributed by atoms with Gasteiger partial charge >= 0.3 is 0 Å². The summed E-state index contributed by atoms with van der Waals surface area (Å²) < 4.78 is 0. The lowest BCUT2D eigenvalue weighted by molar-refractivity contribution is -0.135. The third-order valence-electron chi connectivity index (χ3n) is 1.73. The predicted octanol–water partition coefficient (Wildman–Crippen LogP) is 1.01. The molecule has 0 aliphatic heterocycles. The van der Waals surface area contributed by atoms with Crippen LogP contribution in [0.1, 0.15) is 34.1 Å². The Bertz CT molecular complexity index is 135. The Labute approximate surface area is 74.4 Å². The van der Waals surface area contributed by atoms with Crippen molar-refractivity contribution in [3.05, 3.63) is 0 Å². The van der Waals surface area contributed by atoms with E-state index in [1.165, 1.54) is 0 Å². The predicted molar refractivity (Wildman–Crippen MR) is 48.8 cm³/mol. The molecule has 0 unspecified atom stereocenters. The third kappa shape index (κ3) is 3.22. The number of hydrogen-bond acceptors (Lipinski definition) is 2. The molecule has 0 rings (SSSR count). The summed E-state index contributed by atoms with van der Waals surface area (Å²) in [6, 6.07) is 0.424. The zero-order valence-electron chi connectivity index (χ0n) is 8.37. The molecule has 0 aromatic rings. The molecular formula is C9H19NO2. The van der Waals surface area contributed by atoms with Crippen LogP contribution in [0.3, 0.4) is 0 Å². The van der Waals surface area contributed by atoms with E-state index < -0.39 is 0 Å². The van der Waals surface area contributed by atoms with E-state index in [1.807, 2.05) is 27.7 Å². The fraction of sp³-hybridized carbons (Fsp3) is 0.889. The summed E-state index contributed by atoms with van der Waals surface area (Å²) in [5.74, 6) is 0.0301. The molecular weight excluding hydrogens is 154 g/mol. The fourth-order valence-electron chi connectivity index (χ4n) is 1.40. The van der Waals surface area contributed by atoms with Gasteiger partial charge in [-0.05, 0) is 27.7 Å². The van der Waals surface area contributed by atoms with Crippen LogP contribution in [0.5, 0.6) is 0 Å². The van der Waals surface area contributed by atoms with Crippen LogP contribution in [-0.4, -0.2) is 34.6 Å². The van der Waals surface area contributed by atoms with Crippen molar-refractivity contribution in [2.24, 2.45) is 0 Å². The molecule has 0 aliphatic carbocycles. The molecule has 72 valence electrons. The highest BCUT2D eigenvalue weighted by atomic mass is 16.3. The minimum Gasteiger partial charge on any atom is -0.396 e. The first-order valence-electron chi connectivity index (χ1n) is 4.42. The van der Waals surface area contributed by atoms with Crippen LogP contribution in [0.25, 0.3) is 0 Å². The Hall–Kier alpha value is -0.570. The molecule has 0 saturated heterocycles. The first-order valence-corrected chi connectivity index (χ1v) is 4.42. The van der Waals surface area contributed by atoms with Crippen molar-refractivity contribution in [1.82, 2.24) is 4.90 Å². The van der Waals surface area contributed by atoms with Gasteiger partial charge in [0.05, 0.1) is 6.61 Å². The summed E-state index contributed by atoms with van der Waals surface area (Å²) in [6.45, 7) is 7.86. The van der Waals surface area contributed by atoms with Gasteiger partial charge in [0.1, 0.15) is 0 Å². The third-order valence-corrected chi connectivity index (χ3v) is 1.73. The minimum absolute atomic E-state index is 0.0301. The summed E-state index contributed by atoms with van der Waals surface area (Å²) in [7, 11) is 0. The van der Waals surface area contributed by atoms with Gasteiger partial charge < -0.3 is 10.0 Å². The first kappa shape index (κ1) is 11.4. The second-order valence-electron chi connectivity index (χ2n) is 3.46. The van der Waals surface area contributed by atoms with Gasteiger partial charge in [0.25, 0.3) is 0 Å². The average Bonchev–Trinajstić information content (AvgIpc) is 1.85. The Morgan fingerprint density at radius 3 is 1.92 bits per heavy atom. The molecule has 3 heteroatoms. The molecule has 0 aliphatic rings. The van der Waals surface area contributed by atoms with Gasteiger partial charge in [0, 0.05) is 18.5 Å². The van der Waals surface area contributed by atoms with Crippen molar-refractivity contribution in [3.63, 3.8) is 0 Å². The Balaban J connectivity index is 4.20. The lowest BCUT2D eigenvalue weighted by Gasteiger charge is -2.30. The number of hydrogen-bond donors (Lipinski definition) is 1. The van der Waals surface area contributed by atoms with Crippen LogP contribution in [0.15, 0.2) is 0 Å². The average molecular weight is 173 g/mol. The summed E-state index contributed by atoms with van der Waals surface area (Å²) >= 11 is 0. The van der Waals surface area contributed by atoms with Crippen molar-refractivity contribution >= 4 is 5.91 Å². The van der Waals surface area contributed by atoms with Gasteiger partial charge in [-0.1, -0.05) is 0 Å². The second kappa shape index (κ2) is 5.14. The number of aliphatic hydroxyl groups excluding tert-OH is 1. The van der Waals surface area contributed by atoms with Gasteiger partial charge in [-0.2, -0.15) is 0 Å². The SMILES string of the molecule is CC(C)N(C(=O)CCO)C(C)C. The molecule has 1 amide bonds. The van der Waals surface area contributed by atoms with E-state index in [-0.39, 0.29) is 31.0 Å². The Morgan fingerprint density at radius 2 is 1.67 bits per heavy atom. The van der Waals surface area contributed by atoms with E-state index in [9.17, 15) is 4.79 Å². The Morgan fingerprint density at radius 1 is 1.25 bits per heavy atom. The highest BCUT2D eigenvalue weighted by Gasteiger charge is 2.18. The second-order valence-corrected chi connectivity index (χ2v) is 3.46. The minimum atomic E-state index is -0.0607. The number of carbonyl (C=O) groups is 1. The molecule has 1 N–H and O–H groups in total. The summed E-state index contributed by atoms with van der Waals surface area (Å²) in [6.07, 6.45) is 0.232. The highest BCUT2D eigenvalue weighted by Crippen LogP contribution is 2.06. The fourth-order valence-corrected chi connectivity index (χ4v) is 1.40. The van der Waals surface area contributed by atoms with Crippen molar-refractivity contribution < 1.29 is 9.90 Å². The summed E-state index contributed by atoms with van der Waals surface area (Å²) in [5.41, 5.74) is 0. The zero-order chi connectivity index (χ0) is 9.72. The van der Waals surface area contributed by atoms with E-state index in [4.69, 9.17) is 5.11 Å². The van der Waals surface area contributed by atoms with E-state index >= 15 is 0 Å². The van der Waals surface area contributed by atoms with Crippen LogP contribution in [-0.2, 0) is 4.79 Å². The topological polar surface area (TPSA) is 40.5 Å². The summed E-state index contributed by atoms with van der Waals surface area (Å²) in [5, 5.41) is 8.60. The summed E-state index contributed by atoms with van der Waals surface area (Å²) in [4.78, 5) is 13.2. The number of nitrogens with zero attached hydrogens (tertiary/aromatic N) is 1. The van der Waals surface area contributed by atoms with E-state index in [1.54, 1.807) is 4.90 Å². The molecule has 0 aromatic heterocycles. The van der Waals surface area contributed by atoms with E-state index in [0.717, 1.165) is 0 Å². The molecule has 0 fully saturated rings. The first-order chi connectivity index (χ1) is 5.50. The van der Waals surface area contributed by atoms with Crippen molar-refractivity contribution in [3.8, 4) is 0 Å². The van der Waals surface area contributed by atoms with Crippen LogP contribution < -0.4 is 0 Å².